The zero-order valence-electron chi connectivity index (χ0n) is 9.98. The van der Waals surface area contributed by atoms with Crippen molar-refractivity contribution in [2.75, 3.05) is 13.6 Å². The average Bonchev–Trinajstić information content (AvgIpc) is 1.96. The van der Waals surface area contributed by atoms with Crippen molar-refractivity contribution in [2.45, 2.75) is 45.6 Å². The predicted octanol–water partition coefficient (Wildman–Crippen LogP) is 2.58. The first-order valence-electron chi connectivity index (χ1n) is 5.25. The third kappa shape index (κ3) is 6.88. The SMILES string of the molecule is C=C([SiH2]C(C)(C)C)N(C)CCCC. The molecule has 0 radical (unpaired) electrons. The molecule has 0 aromatic rings. The molecule has 0 aromatic heterocycles. The molecule has 0 aromatic carbocycles. The summed E-state index contributed by atoms with van der Waals surface area (Å²) in [6, 6.07) is 0. The zero-order chi connectivity index (χ0) is 10.5. The highest BCUT2D eigenvalue weighted by atomic mass is 28.2. The van der Waals surface area contributed by atoms with Crippen molar-refractivity contribution in [3.8, 4) is 0 Å². The second-order valence-electron chi connectivity index (χ2n) is 5.08. The number of hydrogen-bond donors (Lipinski definition) is 0. The van der Waals surface area contributed by atoms with E-state index in [1.54, 1.807) is 0 Å². The van der Waals surface area contributed by atoms with E-state index in [0.717, 1.165) is 0 Å². The van der Waals surface area contributed by atoms with Gasteiger partial charge in [-0.1, -0.05) is 40.7 Å². The highest BCUT2D eigenvalue weighted by molar-refractivity contribution is 6.48. The van der Waals surface area contributed by atoms with Gasteiger partial charge in [0.25, 0.3) is 0 Å². The Kier molecular flexibility index (Phi) is 5.38. The Morgan fingerprint density at radius 2 is 1.92 bits per heavy atom. The van der Waals surface area contributed by atoms with Crippen LogP contribution in [0.2, 0.25) is 5.04 Å². The molecule has 0 bridgehead atoms. The van der Waals surface area contributed by atoms with Crippen molar-refractivity contribution < 1.29 is 0 Å². The van der Waals surface area contributed by atoms with Crippen molar-refractivity contribution in [1.29, 1.82) is 0 Å². The van der Waals surface area contributed by atoms with Gasteiger partial charge < -0.3 is 4.90 Å². The molecule has 2 heteroatoms. The Morgan fingerprint density at radius 1 is 1.38 bits per heavy atom. The Bertz CT molecular complexity index is 158. The van der Waals surface area contributed by atoms with Crippen LogP contribution in [0, 0.1) is 0 Å². The molecule has 78 valence electrons. The first kappa shape index (κ1) is 12.8. The van der Waals surface area contributed by atoms with E-state index in [0.29, 0.717) is 5.04 Å². The van der Waals surface area contributed by atoms with Crippen LogP contribution in [0.5, 0.6) is 0 Å². The molecule has 0 aliphatic carbocycles. The van der Waals surface area contributed by atoms with E-state index < -0.39 is 0 Å². The van der Waals surface area contributed by atoms with Crippen LogP contribution in [-0.2, 0) is 0 Å². The summed E-state index contributed by atoms with van der Waals surface area (Å²) in [4.78, 5) is 2.35. The van der Waals surface area contributed by atoms with E-state index in [2.05, 4.69) is 46.2 Å². The summed E-state index contributed by atoms with van der Waals surface area (Å²) in [6.07, 6.45) is 2.56. The van der Waals surface area contributed by atoms with Gasteiger partial charge in [-0.15, -0.1) is 0 Å². The summed E-state index contributed by atoms with van der Waals surface area (Å²) >= 11 is 0. The molecule has 0 amide bonds. The lowest BCUT2D eigenvalue weighted by Crippen LogP contribution is -2.26. The third-order valence-electron chi connectivity index (χ3n) is 2.12. The largest absolute Gasteiger partial charge is 0.383 e. The normalized spacial score (nSPS) is 12.4. The molecule has 0 N–H and O–H groups in total. The molecule has 0 fully saturated rings. The van der Waals surface area contributed by atoms with Crippen LogP contribution >= 0.6 is 0 Å². The van der Waals surface area contributed by atoms with E-state index in [1.165, 1.54) is 24.7 Å². The fourth-order valence-corrected chi connectivity index (χ4v) is 2.95. The topological polar surface area (TPSA) is 3.24 Å². The summed E-state index contributed by atoms with van der Waals surface area (Å²) in [7, 11) is 2.01. The lowest BCUT2D eigenvalue weighted by molar-refractivity contribution is 0.427. The van der Waals surface area contributed by atoms with Crippen molar-refractivity contribution in [1.82, 2.24) is 4.90 Å². The molecule has 0 rings (SSSR count). The summed E-state index contributed by atoms with van der Waals surface area (Å²) < 4.78 is 0. The summed E-state index contributed by atoms with van der Waals surface area (Å²) in [5.74, 6) is 0. The maximum absolute atomic E-state index is 4.18. The Balaban J connectivity index is 3.83. The molecule has 0 unspecified atom stereocenters. The van der Waals surface area contributed by atoms with Crippen LogP contribution in [0.4, 0.5) is 0 Å². The number of rotatable bonds is 5. The fraction of sp³-hybridized carbons (Fsp3) is 0.818. The first-order chi connectivity index (χ1) is 5.87. The number of hydrogen-bond acceptors (Lipinski definition) is 1. The molecule has 0 aliphatic rings. The predicted molar refractivity (Wildman–Crippen MR) is 64.9 cm³/mol. The van der Waals surface area contributed by atoms with Crippen molar-refractivity contribution >= 4 is 9.52 Å². The summed E-state index contributed by atoms with van der Waals surface area (Å²) in [5, 5.41) is 1.90. The van der Waals surface area contributed by atoms with Crippen LogP contribution in [0.15, 0.2) is 11.9 Å². The highest BCUT2D eigenvalue weighted by Gasteiger charge is 2.14. The number of nitrogens with zero attached hydrogens (tertiary/aromatic N) is 1. The molecule has 0 saturated carbocycles. The van der Waals surface area contributed by atoms with Gasteiger partial charge in [0.2, 0.25) is 0 Å². The Hall–Kier alpha value is -0.243. The van der Waals surface area contributed by atoms with E-state index in [1.807, 2.05) is 0 Å². The molecule has 0 aliphatic heterocycles. The Morgan fingerprint density at radius 3 is 2.31 bits per heavy atom. The molecule has 0 atom stereocenters. The molecule has 1 nitrogen and oxygen atoms in total. The van der Waals surface area contributed by atoms with Crippen LogP contribution in [0.25, 0.3) is 0 Å². The van der Waals surface area contributed by atoms with Crippen LogP contribution in [0.1, 0.15) is 40.5 Å². The second kappa shape index (κ2) is 5.48. The van der Waals surface area contributed by atoms with Crippen LogP contribution < -0.4 is 0 Å². The molecular weight excluding hydrogens is 174 g/mol. The Labute approximate surface area is 86.0 Å². The van der Waals surface area contributed by atoms with Crippen LogP contribution in [0.3, 0.4) is 0 Å². The van der Waals surface area contributed by atoms with E-state index in [4.69, 9.17) is 0 Å². The van der Waals surface area contributed by atoms with Gasteiger partial charge in [-0.3, -0.25) is 0 Å². The molecule has 13 heavy (non-hydrogen) atoms. The summed E-state index contributed by atoms with van der Waals surface area (Å²) in [5.41, 5.74) is 0. The minimum Gasteiger partial charge on any atom is -0.383 e. The minimum absolute atomic E-state index is 0.170. The maximum atomic E-state index is 4.18. The first-order valence-corrected chi connectivity index (χ1v) is 6.67. The maximum Gasteiger partial charge on any atom is 0.0798 e. The zero-order valence-corrected chi connectivity index (χ0v) is 11.4. The fourth-order valence-electron chi connectivity index (χ4n) is 1.30. The van der Waals surface area contributed by atoms with Gasteiger partial charge in [-0.25, -0.2) is 0 Å². The standard InChI is InChI=1S/C11H25NSi/c1-7-8-9-12(6)10(2)13-11(3,4)5/h2,7-9,13H2,1,3-6H3. The van der Waals surface area contributed by atoms with Crippen molar-refractivity contribution in [2.24, 2.45) is 0 Å². The average molecular weight is 199 g/mol. The van der Waals surface area contributed by atoms with Crippen molar-refractivity contribution in [3.05, 3.63) is 11.9 Å². The smallest absolute Gasteiger partial charge is 0.0798 e. The van der Waals surface area contributed by atoms with Crippen LogP contribution in [-0.4, -0.2) is 28.0 Å². The van der Waals surface area contributed by atoms with Gasteiger partial charge in [-0.2, -0.15) is 0 Å². The van der Waals surface area contributed by atoms with Gasteiger partial charge in [0, 0.05) is 13.6 Å². The summed E-state index contributed by atoms with van der Waals surface area (Å²) in [6.45, 7) is 14.5. The third-order valence-corrected chi connectivity index (χ3v) is 4.13. The van der Waals surface area contributed by atoms with Crippen molar-refractivity contribution in [3.63, 3.8) is 0 Å². The molecule has 0 spiro atoms. The van der Waals surface area contributed by atoms with Gasteiger partial charge in [0.05, 0.1) is 9.52 Å². The molecular formula is C11H25NSi. The van der Waals surface area contributed by atoms with Gasteiger partial charge in [0.15, 0.2) is 0 Å². The molecule has 0 heterocycles. The second-order valence-corrected chi connectivity index (χ2v) is 8.37. The van der Waals surface area contributed by atoms with E-state index >= 15 is 0 Å². The minimum atomic E-state index is -0.170. The molecule has 0 saturated heterocycles. The van der Waals surface area contributed by atoms with Gasteiger partial charge in [0.1, 0.15) is 0 Å². The quantitative estimate of drug-likeness (QED) is 0.615. The number of unbranched alkanes of at least 4 members (excludes halogenated alkanes) is 1. The highest BCUT2D eigenvalue weighted by Crippen LogP contribution is 2.23. The van der Waals surface area contributed by atoms with E-state index in [-0.39, 0.29) is 9.52 Å². The van der Waals surface area contributed by atoms with Gasteiger partial charge in [-0.05, 0) is 16.8 Å². The van der Waals surface area contributed by atoms with E-state index in [9.17, 15) is 0 Å². The lowest BCUT2D eigenvalue weighted by atomic mass is 10.2. The lowest BCUT2D eigenvalue weighted by Gasteiger charge is -2.27. The van der Waals surface area contributed by atoms with Gasteiger partial charge >= 0.3 is 0 Å². The monoisotopic (exact) mass is 199 g/mol.